The molecule has 9 nitrogen and oxygen atoms in total. The minimum atomic E-state index is -1.18. The van der Waals surface area contributed by atoms with Gasteiger partial charge in [0.25, 0.3) is 0 Å². The van der Waals surface area contributed by atoms with Crippen molar-refractivity contribution in [2.45, 2.75) is 51.2 Å². The highest BCUT2D eigenvalue weighted by molar-refractivity contribution is 5.95. The maximum Gasteiger partial charge on any atom is 0.317 e. The minimum Gasteiger partial charge on any atom is -0.480 e. The molecule has 2 aromatic rings. The summed E-state index contributed by atoms with van der Waals surface area (Å²) in [6.07, 6.45) is 1.35. The number of aliphatic carboxylic acids is 1. The van der Waals surface area contributed by atoms with E-state index in [-0.39, 0.29) is 55.6 Å². The third kappa shape index (κ3) is 7.92. The molecule has 0 bridgehead atoms. The standard InChI is InChI=1S/C26H33N5O4.2ClH/c1-3-16(2)22(29-15-21(32)33)24(34)31-26(12-19-6-4-5-7-20(19)13-26)25(35)30-14-17-8-10-18(11-9-17)23(27)28;;/h4-11,16,22,29H,3,12-15H2,1-2H3,(H3,27,28)(H,30,35)(H,31,34)(H,32,33);2*1H/t16-,22-;;/m1../s1. The first-order chi connectivity index (χ1) is 16.6. The number of hydrogen-bond donors (Lipinski definition) is 6. The van der Waals surface area contributed by atoms with E-state index in [1.807, 2.05) is 38.1 Å². The number of carboxylic acids is 1. The molecule has 3 rings (SSSR count). The van der Waals surface area contributed by atoms with Gasteiger partial charge in [0, 0.05) is 24.9 Å². The summed E-state index contributed by atoms with van der Waals surface area (Å²) in [6.45, 7) is 3.70. The van der Waals surface area contributed by atoms with E-state index in [9.17, 15) is 14.4 Å². The Balaban J connectivity index is 0.00000342. The molecule has 0 saturated heterocycles. The van der Waals surface area contributed by atoms with Gasteiger partial charge in [0.1, 0.15) is 11.4 Å². The van der Waals surface area contributed by atoms with Crippen molar-refractivity contribution >= 4 is 48.4 Å². The zero-order chi connectivity index (χ0) is 25.6. The molecule has 0 saturated carbocycles. The summed E-state index contributed by atoms with van der Waals surface area (Å²) in [7, 11) is 0. The second-order valence-corrected chi connectivity index (χ2v) is 9.12. The number of hydrogen-bond acceptors (Lipinski definition) is 5. The van der Waals surface area contributed by atoms with Crippen LogP contribution in [0.3, 0.4) is 0 Å². The molecular formula is C26H35Cl2N5O4. The Kier molecular flexibility index (Phi) is 12.0. The Labute approximate surface area is 229 Å². The molecule has 0 fully saturated rings. The van der Waals surface area contributed by atoms with Crippen LogP contribution in [0, 0.1) is 11.3 Å². The van der Waals surface area contributed by atoms with Crippen LogP contribution in [0.1, 0.15) is 42.5 Å². The number of benzene rings is 2. The normalized spacial score (nSPS) is 14.6. The van der Waals surface area contributed by atoms with Crippen molar-refractivity contribution < 1.29 is 19.5 Å². The van der Waals surface area contributed by atoms with Gasteiger partial charge in [-0.1, -0.05) is 68.8 Å². The Morgan fingerprint density at radius 3 is 2.11 bits per heavy atom. The predicted molar refractivity (Wildman–Crippen MR) is 147 cm³/mol. The van der Waals surface area contributed by atoms with Crippen molar-refractivity contribution in [1.82, 2.24) is 16.0 Å². The van der Waals surface area contributed by atoms with Gasteiger partial charge >= 0.3 is 5.97 Å². The molecule has 0 radical (unpaired) electrons. The van der Waals surface area contributed by atoms with Gasteiger partial charge in [0.05, 0.1) is 12.6 Å². The lowest BCUT2D eigenvalue weighted by molar-refractivity contribution is -0.137. The summed E-state index contributed by atoms with van der Waals surface area (Å²) >= 11 is 0. The van der Waals surface area contributed by atoms with Crippen LogP contribution in [-0.2, 0) is 33.8 Å². The Hall–Kier alpha value is -3.14. The molecule has 2 aromatic carbocycles. The number of nitrogens with one attached hydrogen (secondary N) is 4. The van der Waals surface area contributed by atoms with Gasteiger partial charge in [0.2, 0.25) is 11.8 Å². The summed E-state index contributed by atoms with van der Waals surface area (Å²) in [4.78, 5) is 38.0. The van der Waals surface area contributed by atoms with Gasteiger partial charge in [-0.05, 0) is 22.6 Å². The molecule has 0 heterocycles. The van der Waals surface area contributed by atoms with Crippen molar-refractivity contribution in [3.8, 4) is 0 Å². The van der Waals surface area contributed by atoms with Crippen LogP contribution in [0.5, 0.6) is 0 Å². The highest BCUT2D eigenvalue weighted by Crippen LogP contribution is 2.31. The topological polar surface area (TPSA) is 157 Å². The van der Waals surface area contributed by atoms with Crippen molar-refractivity contribution in [3.05, 3.63) is 70.8 Å². The van der Waals surface area contributed by atoms with Gasteiger partial charge in [-0.3, -0.25) is 25.1 Å². The fourth-order valence-corrected chi connectivity index (χ4v) is 4.37. The summed E-state index contributed by atoms with van der Waals surface area (Å²) in [6, 6.07) is 14.0. The zero-order valence-electron chi connectivity index (χ0n) is 20.9. The molecule has 7 N–H and O–H groups in total. The van der Waals surface area contributed by atoms with E-state index in [4.69, 9.17) is 16.2 Å². The van der Waals surface area contributed by atoms with E-state index < -0.39 is 23.5 Å². The molecule has 202 valence electrons. The maximum atomic E-state index is 13.6. The molecule has 37 heavy (non-hydrogen) atoms. The van der Waals surface area contributed by atoms with Crippen LogP contribution in [-0.4, -0.2) is 46.9 Å². The van der Waals surface area contributed by atoms with Crippen LogP contribution >= 0.6 is 24.8 Å². The lowest BCUT2D eigenvalue weighted by Crippen LogP contribution is -2.63. The molecule has 2 atom stereocenters. The molecule has 2 amide bonds. The first-order valence-corrected chi connectivity index (χ1v) is 11.7. The lowest BCUT2D eigenvalue weighted by atomic mass is 9.91. The molecular weight excluding hydrogens is 517 g/mol. The van der Waals surface area contributed by atoms with E-state index in [2.05, 4.69) is 16.0 Å². The second kappa shape index (κ2) is 14.0. The third-order valence-electron chi connectivity index (χ3n) is 6.59. The molecule has 1 aliphatic rings. The molecule has 0 aromatic heterocycles. The SMILES string of the molecule is CC[C@@H](C)[C@@H](NCC(=O)O)C(=O)NC1(C(=O)NCc2ccc(C(=N)N)cc2)Cc2ccccc2C1.Cl.Cl. The summed E-state index contributed by atoms with van der Waals surface area (Å²) < 4.78 is 0. The average molecular weight is 553 g/mol. The van der Waals surface area contributed by atoms with Crippen LogP contribution in [0.4, 0.5) is 0 Å². The Morgan fingerprint density at radius 2 is 1.62 bits per heavy atom. The molecule has 11 heteroatoms. The summed E-state index contributed by atoms with van der Waals surface area (Å²) in [5, 5.41) is 25.4. The smallest absolute Gasteiger partial charge is 0.317 e. The number of carboxylic acid groups (broad SMARTS) is 1. The summed E-state index contributed by atoms with van der Waals surface area (Å²) in [5.74, 6) is -1.91. The third-order valence-corrected chi connectivity index (χ3v) is 6.59. The first kappa shape index (κ1) is 31.9. The number of carbonyl (C=O) groups excluding carboxylic acids is 2. The van der Waals surface area contributed by atoms with Crippen molar-refractivity contribution in [1.29, 1.82) is 5.41 Å². The summed E-state index contributed by atoms with van der Waals surface area (Å²) in [5.41, 5.74) is 7.74. The molecule has 0 aliphatic heterocycles. The lowest BCUT2D eigenvalue weighted by Gasteiger charge is -2.32. The number of nitrogen functional groups attached to an aromatic ring is 1. The highest BCUT2D eigenvalue weighted by atomic mass is 35.5. The number of amidine groups is 1. The quantitative estimate of drug-likeness (QED) is 0.185. The van der Waals surface area contributed by atoms with Crippen LogP contribution in [0.2, 0.25) is 0 Å². The number of nitrogens with two attached hydrogens (primary N) is 1. The van der Waals surface area contributed by atoms with E-state index in [0.29, 0.717) is 24.8 Å². The largest absolute Gasteiger partial charge is 0.480 e. The number of amides is 2. The predicted octanol–water partition coefficient (Wildman–Crippen LogP) is 2.17. The van der Waals surface area contributed by atoms with E-state index >= 15 is 0 Å². The van der Waals surface area contributed by atoms with Crippen molar-refractivity contribution in [2.24, 2.45) is 11.7 Å². The number of rotatable bonds is 11. The van der Waals surface area contributed by atoms with Gasteiger partial charge in [0.15, 0.2) is 0 Å². The van der Waals surface area contributed by atoms with Gasteiger partial charge in [-0.25, -0.2) is 0 Å². The van der Waals surface area contributed by atoms with Crippen LogP contribution < -0.4 is 21.7 Å². The molecule has 0 unspecified atom stereocenters. The Morgan fingerprint density at radius 1 is 1.05 bits per heavy atom. The number of carbonyl (C=O) groups is 3. The van der Waals surface area contributed by atoms with Gasteiger partial charge < -0.3 is 21.5 Å². The number of fused-ring (bicyclic) bond motifs is 1. The molecule has 1 aliphatic carbocycles. The van der Waals surface area contributed by atoms with Gasteiger partial charge in [-0.15, -0.1) is 24.8 Å². The average Bonchev–Trinajstić information content (AvgIpc) is 3.21. The van der Waals surface area contributed by atoms with Gasteiger partial charge in [-0.2, -0.15) is 0 Å². The number of halogens is 2. The highest BCUT2D eigenvalue weighted by Gasteiger charge is 2.46. The minimum absolute atomic E-state index is 0. The maximum absolute atomic E-state index is 13.6. The van der Waals surface area contributed by atoms with E-state index in [1.54, 1.807) is 24.3 Å². The molecule has 0 spiro atoms. The van der Waals surface area contributed by atoms with Crippen LogP contribution in [0.15, 0.2) is 48.5 Å². The van der Waals surface area contributed by atoms with Crippen molar-refractivity contribution in [3.63, 3.8) is 0 Å². The van der Waals surface area contributed by atoms with Crippen LogP contribution in [0.25, 0.3) is 0 Å². The van der Waals surface area contributed by atoms with Crippen molar-refractivity contribution in [2.75, 3.05) is 6.54 Å². The van der Waals surface area contributed by atoms with E-state index in [0.717, 1.165) is 16.7 Å². The zero-order valence-corrected chi connectivity index (χ0v) is 22.5. The van der Waals surface area contributed by atoms with E-state index in [1.165, 1.54) is 0 Å². The Bertz CT molecular complexity index is 1090. The first-order valence-electron chi connectivity index (χ1n) is 11.7. The second-order valence-electron chi connectivity index (χ2n) is 9.12. The fourth-order valence-electron chi connectivity index (χ4n) is 4.37. The monoisotopic (exact) mass is 551 g/mol. The fraction of sp³-hybridized carbons (Fsp3) is 0.385.